The molecular formula is C16H20FNOS. The van der Waals surface area contributed by atoms with Crippen LogP contribution in [-0.4, -0.2) is 11.0 Å². The monoisotopic (exact) mass is 293 g/mol. The van der Waals surface area contributed by atoms with E-state index in [-0.39, 0.29) is 11.9 Å². The Morgan fingerprint density at radius 2 is 2.10 bits per heavy atom. The summed E-state index contributed by atoms with van der Waals surface area (Å²) >= 11 is 1.94. The maximum Gasteiger partial charge on any atom is 0.169 e. The van der Waals surface area contributed by atoms with Gasteiger partial charge in [0.1, 0.15) is 5.76 Å². The summed E-state index contributed by atoms with van der Waals surface area (Å²) in [5.41, 5.74) is 6.51. The zero-order valence-electron chi connectivity index (χ0n) is 11.5. The van der Waals surface area contributed by atoms with Gasteiger partial charge in [0.05, 0.1) is 6.04 Å². The van der Waals surface area contributed by atoms with E-state index in [0.29, 0.717) is 11.3 Å². The molecule has 0 radical (unpaired) electrons. The molecule has 1 aromatic carbocycles. The highest BCUT2D eigenvalue weighted by atomic mass is 32.2. The third-order valence-corrected chi connectivity index (χ3v) is 5.44. The Morgan fingerprint density at radius 1 is 1.30 bits per heavy atom. The highest BCUT2D eigenvalue weighted by molar-refractivity contribution is 7.99. The van der Waals surface area contributed by atoms with E-state index in [1.54, 1.807) is 6.07 Å². The molecule has 2 N–H and O–H groups in total. The number of hydrogen-bond donors (Lipinski definition) is 1. The van der Waals surface area contributed by atoms with Crippen molar-refractivity contribution in [3.63, 3.8) is 0 Å². The first-order valence-corrected chi connectivity index (χ1v) is 8.34. The molecule has 1 saturated carbocycles. The van der Waals surface area contributed by atoms with Gasteiger partial charge in [0, 0.05) is 16.4 Å². The molecule has 1 fully saturated rings. The maximum atomic E-state index is 13.6. The first-order chi connectivity index (χ1) is 9.74. The second kappa shape index (κ2) is 6.19. The first-order valence-electron chi connectivity index (χ1n) is 7.29. The summed E-state index contributed by atoms with van der Waals surface area (Å²) in [6.45, 7) is 0. The van der Waals surface area contributed by atoms with Crippen LogP contribution in [0, 0.1) is 5.82 Å². The summed E-state index contributed by atoms with van der Waals surface area (Å²) in [5, 5.41) is 1.52. The van der Waals surface area contributed by atoms with E-state index >= 15 is 0 Å². The molecule has 1 aliphatic carbocycles. The van der Waals surface area contributed by atoms with Crippen LogP contribution in [0.25, 0.3) is 11.0 Å². The third kappa shape index (κ3) is 3.01. The first kappa shape index (κ1) is 14.0. The number of hydrogen-bond acceptors (Lipinski definition) is 3. The minimum absolute atomic E-state index is 0.159. The van der Waals surface area contributed by atoms with Gasteiger partial charge in [0.2, 0.25) is 0 Å². The van der Waals surface area contributed by atoms with Crippen LogP contribution in [0.5, 0.6) is 0 Å². The number of benzene rings is 1. The van der Waals surface area contributed by atoms with Crippen molar-refractivity contribution < 1.29 is 8.81 Å². The van der Waals surface area contributed by atoms with E-state index in [9.17, 15) is 4.39 Å². The Bertz CT molecular complexity index is 577. The molecule has 1 heterocycles. The highest BCUT2D eigenvalue weighted by Gasteiger charge is 2.18. The summed E-state index contributed by atoms with van der Waals surface area (Å²) in [7, 11) is 0. The average Bonchev–Trinajstić information content (AvgIpc) is 2.91. The smallest absolute Gasteiger partial charge is 0.169 e. The molecule has 3 rings (SSSR count). The molecule has 1 aliphatic rings. The topological polar surface area (TPSA) is 39.2 Å². The largest absolute Gasteiger partial charge is 0.456 e. The fourth-order valence-electron chi connectivity index (χ4n) is 2.78. The number of furan rings is 1. The Balaban J connectivity index is 1.65. The van der Waals surface area contributed by atoms with Gasteiger partial charge in [-0.15, -0.1) is 0 Å². The van der Waals surface area contributed by atoms with Crippen LogP contribution in [0.15, 0.2) is 28.7 Å². The molecule has 1 unspecified atom stereocenters. The third-order valence-electron chi connectivity index (χ3n) is 3.94. The van der Waals surface area contributed by atoms with Gasteiger partial charge in [0.25, 0.3) is 0 Å². The predicted octanol–water partition coefficient (Wildman–Crippen LogP) is 4.64. The molecule has 0 aliphatic heterocycles. The highest BCUT2D eigenvalue weighted by Crippen LogP contribution is 2.32. The zero-order chi connectivity index (χ0) is 13.9. The van der Waals surface area contributed by atoms with E-state index in [0.717, 1.165) is 16.4 Å². The van der Waals surface area contributed by atoms with Crippen molar-refractivity contribution in [1.82, 2.24) is 0 Å². The number of nitrogens with two attached hydrogens (primary N) is 1. The van der Waals surface area contributed by atoms with E-state index < -0.39 is 0 Å². The van der Waals surface area contributed by atoms with E-state index in [1.807, 2.05) is 23.9 Å². The van der Waals surface area contributed by atoms with Gasteiger partial charge in [-0.3, -0.25) is 0 Å². The van der Waals surface area contributed by atoms with Gasteiger partial charge in [-0.05, 0) is 25.0 Å². The second-order valence-electron chi connectivity index (χ2n) is 5.51. The number of rotatable bonds is 4. The standard InChI is InChI=1S/C16H20FNOS/c17-13-8-4-5-11-9-15(19-16(11)13)14(18)10-20-12-6-2-1-3-7-12/h4-5,8-9,12,14H,1-3,6-7,10,18H2. The van der Waals surface area contributed by atoms with Gasteiger partial charge in [-0.25, -0.2) is 4.39 Å². The molecule has 0 amide bonds. The van der Waals surface area contributed by atoms with Crippen molar-refractivity contribution in [1.29, 1.82) is 0 Å². The number of halogens is 1. The number of thioether (sulfide) groups is 1. The lowest BCUT2D eigenvalue weighted by Crippen LogP contribution is -2.16. The van der Waals surface area contributed by atoms with E-state index in [2.05, 4.69) is 0 Å². The number of para-hydroxylation sites is 1. The van der Waals surface area contributed by atoms with Crippen LogP contribution in [0.1, 0.15) is 43.9 Å². The van der Waals surface area contributed by atoms with Gasteiger partial charge in [-0.2, -0.15) is 11.8 Å². The second-order valence-corrected chi connectivity index (χ2v) is 6.84. The summed E-state index contributed by atoms with van der Waals surface area (Å²) < 4.78 is 19.2. The summed E-state index contributed by atoms with van der Waals surface area (Å²) in [4.78, 5) is 0. The number of fused-ring (bicyclic) bond motifs is 1. The fraction of sp³-hybridized carbons (Fsp3) is 0.500. The van der Waals surface area contributed by atoms with Crippen LogP contribution in [0.4, 0.5) is 4.39 Å². The molecule has 2 aromatic rings. The molecule has 1 aromatic heterocycles. The van der Waals surface area contributed by atoms with E-state index in [1.165, 1.54) is 38.2 Å². The lowest BCUT2D eigenvalue weighted by Gasteiger charge is -2.22. The maximum absolute atomic E-state index is 13.6. The molecule has 108 valence electrons. The van der Waals surface area contributed by atoms with Crippen LogP contribution in [0.3, 0.4) is 0 Å². The molecule has 1 atom stereocenters. The van der Waals surface area contributed by atoms with Crippen LogP contribution >= 0.6 is 11.8 Å². The summed E-state index contributed by atoms with van der Waals surface area (Å²) in [6.07, 6.45) is 6.63. The van der Waals surface area contributed by atoms with E-state index in [4.69, 9.17) is 10.2 Å². The van der Waals surface area contributed by atoms with Crippen molar-refractivity contribution in [3.8, 4) is 0 Å². The quantitative estimate of drug-likeness (QED) is 0.892. The minimum Gasteiger partial charge on any atom is -0.456 e. The van der Waals surface area contributed by atoms with Crippen molar-refractivity contribution in [2.24, 2.45) is 5.73 Å². The molecule has 20 heavy (non-hydrogen) atoms. The fourth-order valence-corrected chi connectivity index (χ4v) is 4.09. The molecule has 0 bridgehead atoms. The lowest BCUT2D eigenvalue weighted by molar-refractivity contribution is 0.492. The Kier molecular flexibility index (Phi) is 4.32. The van der Waals surface area contributed by atoms with Crippen LogP contribution in [-0.2, 0) is 0 Å². The molecular weight excluding hydrogens is 273 g/mol. The molecule has 0 saturated heterocycles. The zero-order valence-corrected chi connectivity index (χ0v) is 12.3. The van der Waals surface area contributed by atoms with Crippen molar-refractivity contribution in [2.45, 2.75) is 43.4 Å². The van der Waals surface area contributed by atoms with Crippen molar-refractivity contribution in [2.75, 3.05) is 5.75 Å². The van der Waals surface area contributed by atoms with Crippen LogP contribution < -0.4 is 5.73 Å². The van der Waals surface area contributed by atoms with Crippen molar-refractivity contribution in [3.05, 3.63) is 35.8 Å². The molecule has 2 nitrogen and oxygen atoms in total. The summed E-state index contributed by atoms with van der Waals surface area (Å²) in [5.74, 6) is 1.21. The van der Waals surface area contributed by atoms with Crippen LogP contribution in [0.2, 0.25) is 0 Å². The van der Waals surface area contributed by atoms with Gasteiger partial charge >= 0.3 is 0 Å². The van der Waals surface area contributed by atoms with Gasteiger partial charge in [-0.1, -0.05) is 31.4 Å². The Labute approximate surface area is 122 Å². The predicted molar refractivity (Wildman–Crippen MR) is 82.4 cm³/mol. The lowest BCUT2D eigenvalue weighted by atomic mass is 10.0. The SMILES string of the molecule is NC(CSC1CCCCC1)c1cc2cccc(F)c2o1. The Hall–Kier alpha value is -1.00. The Morgan fingerprint density at radius 3 is 2.85 bits per heavy atom. The van der Waals surface area contributed by atoms with Gasteiger partial charge in [0.15, 0.2) is 11.4 Å². The summed E-state index contributed by atoms with van der Waals surface area (Å²) in [6, 6.07) is 6.67. The molecule has 0 spiro atoms. The minimum atomic E-state index is -0.319. The van der Waals surface area contributed by atoms with Crippen molar-refractivity contribution >= 4 is 22.7 Å². The average molecular weight is 293 g/mol. The molecule has 4 heteroatoms. The van der Waals surface area contributed by atoms with Gasteiger partial charge < -0.3 is 10.2 Å². The normalized spacial score (nSPS) is 18.5.